The van der Waals surface area contributed by atoms with Crippen molar-refractivity contribution in [2.75, 3.05) is 5.32 Å². The number of anilines is 1. The minimum absolute atomic E-state index is 0.547. The Morgan fingerprint density at radius 3 is 2.44 bits per heavy atom. The Hall–Kier alpha value is -2.36. The third kappa shape index (κ3) is 3.13. The lowest BCUT2D eigenvalue weighted by atomic mass is 9.95. The standard InChI is InChI=1S/C21H26N4/c1-14-9-11-17(12-10-14)20-16(3)21-22-15(2)13-19(25(21)24-20)23-18-7-5-4-6-8-18/h9-13,18,23H,4-8H2,1-3H3. The second-order valence-corrected chi connectivity index (χ2v) is 7.34. The molecule has 1 N–H and O–H groups in total. The van der Waals surface area contributed by atoms with Gasteiger partial charge in [0.1, 0.15) is 5.82 Å². The second-order valence-electron chi connectivity index (χ2n) is 7.34. The van der Waals surface area contributed by atoms with Crippen LogP contribution in [0.15, 0.2) is 30.3 Å². The highest BCUT2D eigenvalue weighted by atomic mass is 15.3. The molecule has 3 aromatic rings. The van der Waals surface area contributed by atoms with Gasteiger partial charge in [0, 0.05) is 28.9 Å². The lowest BCUT2D eigenvalue weighted by Gasteiger charge is -2.24. The maximum atomic E-state index is 4.91. The van der Waals surface area contributed by atoms with E-state index in [1.54, 1.807) is 0 Å². The van der Waals surface area contributed by atoms with Crippen LogP contribution in [0.1, 0.15) is 48.9 Å². The summed E-state index contributed by atoms with van der Waals surface area (Å²) in [5, 5.41) is 8.64. The van der Waals surface area contributed by atoms with Gasteiger partial charge in [-0.2, -0.15) is 9.61 Å². The second kappa shape index (κ2) is 6.51. The molecule has 1 aliphatic rings. The fourth-order valence-corrected chi connectivity index (χ4v) is 3.79. The maximum Gasteiger partial charge on any atom is 0.161 e. The van der Waals surface area contributed by atoms with Gasteiger partial charge in [0.15, 0.2) is 5.65 Å². The average molecular weight is 334 g/mol. The number of aromatic nitrogens is 3. The third-order valence-electron chi connectivity index (χ3n) is 5.23. The van der Waals surface area contributed by atoms with E-state index in [-0.39, 0.29) is 0 Å². The number of nitrogens with one attached hydrogen (secondary N) is 1. The van der Waals surface area contributed by atoms with E-state index in [1.165, 1.54) is 37.7 Å². The smallest absolute Gasteiger partial charge is 0.161 e. The summed E-state index contributed by atoms with van der Waals surface area (Å²) in [6.07, 6.45) is 6.48. The summed E-state index contributed by atoms with van der Waals surface area (Å²) < 4.78 is 1.99. The first-order chi connectivity index (χ1) is 12.1. The van der Waals surface area contributed by atoms with Crippen molar-refractivity contribution in [1.82, 2.24) is 14.6 Å². The lowest BCUT2D eigenvalue weighted by Crippen LogP contribution is -2.24. The van der Waals surface area contributed by atoms with Crippen LogP contribution in [0.3, 0.4) is 0 Å². The monoisotopic (exact) mass is 334 g/mol. The van der Waals surface area contributed by atoms with Crippen LogP contribution < -0.4 is 5.32 Å². The molecule has 1 fully saturated rings. The first-order valence-electron chi connectivity index (χ1n) is 9.32. The molecule has 4 heteroatoms. The fraction of sp³-hybridized carbons (Fsp3) is 0.429. The first-order valence-corrected chi connectivity index (χ1v) is 9.32. The molecule has 130 valence electrons. The van der Waals surface area contributed by atoms with Gasteiger partial charge in [0.05, 0.1) is 5.69 Å². The molecule has 0 spiro atoms. The molecule has 1 aromatic carbocycles. The van der Waals surface area contributed by atoms with Crippen molar-refractivity contribution in [2.45, 2.75) is 58.9 Å². The van der Waals surface area contributed by atoms with E-state index in [0.29, 0.717) is 6.04 Å². The lowest BCUT2D eigenvalue weighted by molar-refractivity contribution is 0.461. The Labute approximate surface area is 149 Å². The quantitative estimate of drug-likeness (QED) is 0.727. The molecular formula is C21H26N4. The molecule has 0 aliphatic heterocycles. The van der Waals surface area contributed by atoms with Crippen LogP contribution in [0.25, 0.3) is 16.9 Å². The molecule has 0 atom stereocenters. The fourth-order valence-electron chi connectivity index (χ4n) is 3.79. The summed E-state index contributed by atoms with van der Waals surface area (Å²) in [7, 11) is 0. The van der Waals surface area contributed by atoms with Crippen molar-refractivity contribution in [3.8, 4) is 11.3 Å². The van der Waals surface area contributed by atoms with Crippen LogP contribution in [0, 0.1) is 20.8 Å². The van der Waals surface area contributed by atoms with Crippen molar-refractivity contribution in [3.05, 3.63) is 47.2 Å². The van der Waals surface area contributed by atoms with Crippen LogP contribution in [0.4, 0.5) is 5.82 Å². The van der Waals surface area contributed by atoms with Crippen molar-refractivity contribution in [1.29, 1.82) is 0 Å². The van der Waals surface area contributed by atoms with Crippen molar-refractivity contribution < 1.29 is 0 Å². The molecule has 0 unspecified atom stereocenters. The minimum Gasteiger partial charge on any atom is -0.367 e. The van der Waals surface area contributed by atoms with E-state index in [1.807, 2.05) is 4.52 Å². The zero-order valence-electron chi connectivity index (χ0n) is 15.3. The van der Waals surface area contributed by atoms with Gasteiger partial charge in [-0.3, -0.25) is 0 Å². The number of aryl methyl sites for hydroxylation is 3. The Bertz CT molecular complexity index is 886. The van der Waals surface area contributed by atoms with Gasteiger partial charge in [-0.15, -0.1) is 0 Å². The molecule has 4 nitrogen and oxygen atoms in total. The van der Waals surface area contributed by atoms with Gasteiger partial charge >= 0.3 is 0 Å². The predicted octanol–water partition coefficient (Wildman–Crippen LogP) is 5.07. The van der Waals surface area contributed by atoms with Crippen LogP contribution in [-0.4, -0.2) is 20.6 Å². The van der Waals surface area contributed by atoms with Crippen molar-refractivity contribution in [3.63, 3.8) is 0 Å². The van der Waals surface area contributed by atoms with E-state index in [0.717, 1.165) is 34.0 Å². The van der Waals surface area contributed by atoms with E-state index in [2.05, 4.69) is 56.4 Å². The maximum absolute atomic E-state index is 4.91. The van der Waals surface area contributed by atoms with Gasteiger partial charge in [-0.1, -0.05) is 49.1 Å². The van der Waals surface area contributed by atoms with Gasteiger partial charge < -0.3 is 5.32 Å². The number of hydrogen-bond donors (Lipinski definition) is 1. The predicted molar refractivity (Wildman–Crippen MR) is 103 cm³/mol. The largest absolute Gasteiger partial charge is 0.367 e. The van der Waals surface area contributed by atoms with Crippen LogP contribution in [-0.2, 0) is 0 Å². The molecule has 0 amide bonds. The van der Waals surface area contributed by atoms with E-state index >= 15 is 0 Å². The first kappa shape index (κ1) is 16.1. The van der Waals surface area contributed by atoms with E-state index < -0.39 is 0 Å². The van der Waals surface area contributed by atoms with Gasteiger partial charge in [-0.25, -0.2) is 4.98 Å². The van der Waals surface area contributed by atoms with Crippen molar-refractivity contribution in [2.24, 2.45) is 0 Å². The zero-order chi connectivity index (χ0) is 17.4. The van der Waals surface area contributed by atoms with E-state index in [4.69, 9.17) is 10.1 Å². The molecule has 4 rings (SSSR count). The molecule has 25 heavy (non-hydrogen) atoms. The summed E-state index contributed by atoms with van der Waals surface area (Å²) in [5.41, 5.74) is 6.55. The SMILES string of the molecule is Cc1ccc(-c2nn3c(NC4CCCCC4)cc(C)nc3c2C)cc1. The number of hydrogen-bond acceptors (Lipinski definition) is 3. The Morgan fingerprint density at radius 2 is 1.72 bits per heavy atom. The van der Waals surface area contributed by atoms with Crippen molar-refractivity contribution >= 4 is 11.5 Å². The molecule has 2 aromatic heterocycles. The molecule has 0 radical (unpaired) electrons. The van der Waals surface area contributed by atoms with Gasteiger partial charge in [-0.05, 0) is 33.6 Å². The molecular weight excluding hydrogens is 308 g/mol. The minimum atomic E-state index is 0.547. The number of benzene rings is 1. The highest BCUT2D eigenvalue weighted by molar-refractivity contribution is 5.71. The average Bonchev–Trinajstić information content (AvgIpc) is 2.94. The normalized spacial score (nSPS) is 15.6. The summed E-state index contributed by atoms with van der Waals surface area (Å²) in [6.45, 7) is 6.29. The number of nitrogens with zero attached hydrogens (tertiary/aromatic N) is 3. The summed E-state index contributed by atoms with van der Waals surface area (Å²) in [5.74, 6) is 1.07. The summed E-state index contributed by atoms with van der Waals surface area (Å²) >= 11 is 0. The van der Waals surface area contributed by atoms with Crippen LogP contribution >= 0.6 is 0 Å². The number of rotatable bonds is 3. The Morgan fingerprint density at radius 1 is 1.00 bits per heavy atom. The molecule has 0 bridgehead atoms. The Balaban J connectivity index is 1.78. The molecule has 1 saturated carbocycles. The summed E-state index contributed by atoms with van der Waals surface area (Å²) in [4.78, 5) is 4.75. The summed E-state index contributed by atoms with van der Waals surface area (Å²) in [6, 6.07) is 11.2. The topological polar surface area (TPSA) is 42.2 Å². The van der Waals surface area contributed by atoms with Gasteiger partial charge in [0.2, 0.25) is 0 Å². The van der Waals surface area contributed by atoms with E-state index in [9.17, 15) is 0 Å². The molecule has 2 heterocycles. The molecule has 1 aliphatic carbocycles. The Kier molecular flexibility index (Phi) is 4.20. The van der Waals surface area contributed by atoms with Gasteiger partial charge in [0.25, 0.3) is 0 Å². The highest BCUT2D eigenvalue weighted by Gasteiger charge is 2.18. The zero-order valence-corrected chi connectivity index (χ0v) is 15.3. The highest BCUT2D eigenvalue weighted by Crippen LogP contribution is 2.28. The van der Waals surface area contributed by atoms with Crippen LogP contribution in [0.5, 0.6) is 0 Å². The number of fused-ring (bicyclic) bond motifs is 1. The third-order valence-corrected chi connectivity index (χ3v) is 5.23. The molecule has 0 saturated heterocycles. The van der Waals surface area contributed by atoms with Crippen LogP contribution in [0.2, 0.25) is 0 Å².